The third-order valence-corrected chi connectivity index (χ3v) is 3.79. The van der Waals surface area contributed by atoms with Gasteiger partial charge in [-0.25, -0.2) is 4.98 Å². The minimum Gasteiger partial charge on any atom is -0.352 e. The maximum absolute atomic E-state index is 12.3. The summed E-state index contributed by atoms with van der Waals surface area (Å²) < 4.78 is 1.61. The number of pyridine rings is 1. The molecule has 0 unspecified atom stereocenters. The number of aromatic nitrogens is 3. The fourth-order valence-corrected chi connectivity index (χ4v) is 2.55. The third-order valence-electron chi connectivity index (χ3n) is 3.79. The average molecular weight is 322 g/mol. The van der Waals surface area contributed by atoms with Gasteiger partial charge >= 0.3 is 0 Å². The summed E-state index contributed by atoms with van der Waals surface area (Å²) >= 11 is 0. The van der Waals surface area contributed by atoms with E-state index in [4.69, 9.17) is 0 Å². The van der Waals surface area contributed by atoms with E-state index < -0.39 is 0 Å². The SMILES string of the molecule is Cc1nc2ccccc2n(CCC(=O)NCc2cccnc2)c1=O. The van der Waals surface area contributed by atoms with Crippen molar-refractivity contribution in [3.05, 3.63) is 70.4 Å². The summed E-state index contributed by atoms with van der Waals surface area (Å²) in [5.41, 5.74) is 2.71. The summed E-state index contributed by atoms with van der Waals surface area (Å²) in [5, 5.41) is 2.84. The molecule has 0 aliphatic rings. The molecule has 0 atom stereocenters. The van der Waals surface area contributed by atoms with E-state index in [0.29, 0.717) is 18.8 Å². The Labute approximate surface area is 139 Å². The number of carbonyl (C=O) groups is 1. The van der Waals surface area contributed by atoms with Gasteiger partial charge in [-0.05, 0) is 30.7 Å². The number of para-hydroxylation sites is 2. The van der Waals surface area contributed by atoms with Crippen molar-refractivity contribution in [2.24, 2.45) is 0 Å². The molecule has 3 aromatic rings. The molecule has 3 rings (SSSR count). The van der Waals surface area contributed by atoms with Crippen LogP contribution in [-0.4, -0.2) is 20.4 Å². The summed E-state index contributed by atoms with van der Waals surface area (Å²) in [7, 11) is 0. The van der Waals surface area contributed by atoms with Crippen LogP contribution in [0.5, 0.6) is 0 Å². The zero-order valence-corrected chi connectivity index (χ0v) is 13.4. The molecule has 2 heterocycles. The van der Waals surface area contributed by atoms with Gasteiger partial charge in [0.1, 0.15) is 5.69 Å². The van der Waals surface area contributed by atoms with Gasteiger partial charge in [0.2, 0.25) is 5.91 Å². The van der Waals surface area contributed by atoms with Crippen molar-refractivity contribution in [3.63, 3.8) is 0 Å². The summed E-state index contributed by atoms with van der Waals surface area (Å²) in [5.74, 6) is -0.107. The van der Waals surface area contributed by atoms with Crippen LogP contribution in [0, 0.1) is 6.92 Å². The van der Waals surface area contributed by atoms with E-state index in [1.807, 2.05) is 36.4 Å². The lowest BCUT2D eigenvalue weighted by atomic mass is 10.2. The monoisotopic (exact) mass is 322 g/mol. The quantitative estimate of drug-likeness (QED) is 0.777. The van der Waals surface area contributed by atoms with Crippen molar-refractivity contribution < 1.29 is 4.79 Å². The van der Waals surface area contributed by atoms with Crippen LogP contribution in [0.4, 0.5) is 0 Å². The minimum atomic E-state index is -0.159. The van der Waals surface area contributed by atoms with Crippen molar-refractivity contribution >= 4 is 16.9 Å². The molecule has 0 bridgehead atoms. The highest BCUT2D eigenvalue weighted by atomic mass is 16.1. The largest absolute Gasteiger partial charge is 0.352 e. The Morgan fingerprint density at radius 2 is 2.04 bits per heavy atom. The number of fused-ring (bicyclic) bond motifs is 1. The van der Waals surface area contributed by atoms with Gasteiger partial charge in [-0.3, -0.25) is 14.6 Å². The zero-order chi connectivity index (χ0) is 16.9. The highest BCUT2D eigenvalue weighted by molar-refractivity contribution is 5.77. The second-order valence-corrected chi connectivity index (χ2v) is 5.53. The normalized spacial score (nSPS) is 10.7. The van der Waals surface area contributed by atoms with Gasteiger partial charge < -0.3 is 9.88 Å². The Hall–Kier alpha value is -3.02. The molecule has 6 nitrogen and oxygen atoms in total. The van der Waals surface area contributed by atoms with Gasteiger partial charge in [-0.1, -0.05) is 18.2 Å². The highest BCUT2D eigenvalue weighted by Gasteiger charge is 2.09. The third kappa shape index (κ3) is 3.48. The van der Waals surface area contributed by atoms with Crippen LogP contribution in [0.15, 0.2) is 53.6 Å². The summed E-state index contributed by atoms with van der Waals surface area (Å²) in [4.78, 5) is 32.7. The molecule has 2 aromatic heterocycles. The van der Waals surface area contributed by atoms with Crippen molar-refractivity contribution in [2.75, 3.05) is 0 Å². The fourth-order valence-electron chi connectivity index (χ4n) is 2.55. The Balaban J connectivity index is 1.70. The molecule has 0 saturated carbocycles. The molecule has 122 valence electrons. The van der Waals surface area contributed by atoms with Crippen LogP contribution in [0.2, 0.25) is 0 Å². The first-order chi connectivity index (χ1) is 11.6. The predicted molar refractivity (Wildman–Crippen MR) is 91.4 cm³/mol. The number of aryl methyl sites for hydroxylation is 2. The number of nitrogens with one attached hydrogen (secondary N) is 1. The number of hydrogen-bond acceptors (Lipinski definition) is 4. The topological polar surface area (TPSA) is 76.9 Å². The molecule has 1 amide bonds. The molecular formula is C18H18N4O2. The number of rotatable bonds is 5. The van der Waals surface area contributed by atoms with Gasteiger partial charge in [0.25, 0.3) is 5.56 Å². The first kappa shape index (κ1) is 15.9. The number of carbonyl (C=O) groups excluding carboxylic acids is 1. The van der Waals surface area contributed by atoms with Crippen molar-refractivity contribution in [1.82, 2.24) is 19.9 Å². The van der Waals surface area contributed by atoms with E-state index in [9.17, 15) is 9.59 Å². The standard InChI is InChI=1S/C18H18N4O2/c1-13-18(24)22(16-7-3-2-6-15(16)21-13)10-8-17(23)20-12-14-5-4-9-19-11-14/h2-7,9,11H,8,10,12H2,1H3,(H,20,23). The van der Waals surface area contributed by atoms with E-state index >= 15 is 0 Å². The Kier molecular flexibility index (Phi) is 4.65. The average Bonchev–Trinajstić information content (AvgIpc) is 2.61. The minimum absolute atomic E-state index is 0.107. The summed E-state index contributed by atoms with van der Waals surface area (Å²) in [6, 6.07) is 11.2. The van der Waals surface area contributed by atoms with Crippen LogP contribution >= 0.6 is 0 Å². The Bertz CT molecular complexity index is 919. The van der Waals surface area contributed by atoms with Gasteiger partial charge in [0, 0.05) is 31.9 Å². The second kappa shape index (κ2) is 7.04. The van der Waals surface area contributed by atoms with Crippen LogP contribution in [-0.2, 0) is 17.9 Å². The fraction of sp³-hybridized carbons (Fsp3) is 0.222. The number of hydrogen-bond donors (Lipinski definition) is 1. The van der Waals surface area contributed by atoms with Crippen LogP contribution in [0.25, 0.3) is 11.0 Å². The summed E-state index contributed by atoms with van der Waals surface area (Å²) in [6.07, 6.45) is 3.63. The van der Waals surface area contributed by atoms with Gasteiger partial charge in [-0.15, -0.1) is 0 Å². The van der Waals surface area contributed by atoms with E-state index in [2.05, 4.69) is 15.3 Å². The van der Waals surface area contributed by atoms with E-state index in [1.165, 1.54) is 0 Å². The molecule has 0 fully saturated rings. The lowest BCUT2D eigenvalue weighted by Gasteiger charge is -2.11. The number of benzene rings is 1. The van der Waals surface area contributed by atoms with Crippen molar-refractivity contribution in [2.45, 2.75) is 26.4 Å². The maximum atomic E-state index is 12.3. The van der Waals surface area contributed by atoms with Gasteiger partial charge in [0.05, 0.1) is 11.0 Å². The van der Waals surface area contributed by atoms with E-state index in [-0.39, 0.29) is 17.9 Å². The zero-order valence-electron chi connectivity index (χ0n) is 13.4. The molecule has 0 aliphatic carbocycles. The maximum Gasteiger partial charge on any atom is 0.272 e. The van der Waals surface area contributed by atoms with E-state index in [1.54, 1.807) is 23.9 Å². The lowest BCUT2D eigenvalue weighted by Crippen LogP contribution is -2.28. The molecule has 0 saturated heterocycles. The predicted octanol–water partition coefficient (Wildman–Crippen LogP) is 1.81. The Morgan fingerprint density at radius 3 is 2.83 bits per heavy atom. The van der Waals surface area contributed by atoms with E-state index in [0.717, 1.165) is 16.6 Å². The first-order valence-corrected chi connectivity index (χ1v) is 7.77. The van der Waals surface area contributed by atoms with Gasteiger partial charge in [0.15, 0.2) is 0 Å². The molecule has 0 spiro atoms. The molecule has 1 N–H and O–H groups in total. The van der Waals surface area contributed by atoms with Crippen LogP contribution < -0.4 is 10.9 Å². The molecule has 24 heavy (non-hydrogen) atoms. The van der Waals surface area contributed by atoms with Gasteiger partial charge in [-0.2, -0.15) is 0 Å². The first-order valence-electron chi connectivity index (χ1n) is 7.77. The second-order valence-electron chi connectivity index (χ2n) is 5.53. The highest BCUT2D eigenvalue weighted by Crippen LogP contribution is 2.10. The van der Waals surface area contributed by atoms with Crippen molar-refractivity contribution in [1.29, 1.82) is 0 Å². The summed E-state index contributed by atoms with van der Waals surface area (Å²) in [6.45, 7) is 2.44. The molecule has 0 aliphatic heterocycles. The van der Waals surface area contributed by atoms with Crippen molar-refractivity contribution in [3.8, 4) is 0 Å². The molecular weight excluding hydrogens is 304 g/mol. The Morgan fingerprint density at radius 1 is 1.21 bits per heavy atom. The molecule has 0 radical (unpaired) electrons. The lowest BCUT2D eigenvalue weighted by molar-refractivity contribution is -0.121. The van der Waals surface area contributed by atoms with Crippen LogP contribution in [0.1, 0.15) is 17.7 Å². The number of nitrogens with zero attached hydrogens (tertiary/aromatic N) is 3. The van der Waals surface area contributed by atoms with Crippen LogP contribution in [0.3, 0.4) is 0 Å². The molecule has 6 heteroatoms. The molecule has 1 aromatic carbocycles. The smallest absolute Gasteiger partial charge is 0.272 e. The number of amides is 1.